The highest BCUT2D eigenvalue weighted by atomic mass is 19.4. The molecule has 0 bridgehead atoms. The van der Waals surface area contributed by atoms with E-state index in [9.17, 15) is 23.1 Å². The van der Waals surface area contributed by atoms with Gasteiger partial charge in [-0.2, -0.15) is 13.2 Å². The number of aryl methyl sites for hydroxylation is 3. The van der Waals surface area contributed by atoms with Crippen molar-refractivity contribution in [2.24, 2.45) is 5.92 Å². The number of aromatic nitrogens is 3. The van der Waals surface area contributed by atoms with Gasteiger partial charge in [-0.15, -0.1) is 0 Å². The van der Waals surface area contributed by atoms with Gasteiger partial charge in [-0.25, -0.2) is 9.97 Å². The van der Waals surface area contributed by atoms with Crippen LogP contribution in [0.25, 0.3) is 0 Å². The number of carboxylic acids is 1. The van der Waals surface area contributed by atoms with Gasteiger partial charge in [0.2, 0.25) is 0 Å². The van der Waals surface area contributed by atoms with Crippen LogP contribution >= 0.6 is 0 Å². The average Bonchev–Trinajstić information content (AvgIpc) is 2.86. The van der Waals surface area contributed by atoms with Gasteiger partial charge in [0.05, 0.1) is 12.5 Å². The minimum absolute atomic E-state index is 0.0600. The fourth-order valence-corrected chi connectivity index (χ4v) is 4.47. The van der Waals surface area contributed by atoms with Crippen LogP contribution in [0.1, 0.15) is 54.7 Å². The van der Waals surface area contributed by atoms with Gasteiger partial charge in [0.1, 0.15) is 12.9 Å². The molecule has 3 rings (SSSR count). The maximum absolute atomic E-state index is 12.4. The van der Waals surface area contributed by atoms with Crippen molar-refractivity contribution >= 4 is 5.97 Å². The predicted molar refractivity (Wildman–Crippen MR) is 129 cm³/mol. The Morgan fingerprint density at radius 3 is 2.67 bits per heavy atom. The molecule has 10 heteroatoms. The molecule has 7 nitrogen and oxygen atoms in total. The molecule has 2 heterocycles. The maximum Gasteiger partial charge on any atom is 0.411 e. The van der Waals surface area contributed by atoms with Crippen LogP contribution in [0.5, 0.6) is 0 Å². The second kappa shape index (κ2) is 14.2. The van der Waals surface area contributed by atoms with Crippen LogP contribution in [0.3, 0.4) is 0 Å². The second-order valence-corrected chi connectivity index (χ2v) is 9.31. The Hall–Kier alpha value is -2.59. The lowest BCUT2D eigenvalue weighted by Gasteiger charge is -2.24. The van der Waals surface area contributed by atoms with Crippen molar-refractivity contribution < 1.29 is 27.8 Å². The van der Waals surface area contributed by atoms with Crippen LogP contribution in [0.4, 0.5) is 13.2 Å². The van der Waals surface area contributed by atoms with Crippen molar-refractivity contribution in [3.8, 4) is 0 Å². The number of hydrogen-bond acceptors (Lipinski definition) is 6. The molecule has 0 spiro atoms. The summed E-state index contributed by atoms with van der Waals surface area (Å²) in [6.07, 6.45) is 6.36. The number of hydrogen-bond donors (Lipinski definition) is 1. The summed E-state index contributed by atoms with van der Waals surface area (Å²) in [5.74, 6) is -1.56. The van der Waals surface area contributed by atoms with Crippen molar-refractivity contribution in [2.75, 3.05) is 32.8 Å². The van der Waals surface area contributed by atoms with E-state index in [0.717, 1.165) is 37.8 Å². The van der Waals surface area contributed by atoms with E-state index in [1.54, 1.807) is 12.3 Å². The summed E-state index contributed by atoms with van der Waals surface area (Å²) in [7, 11) is 0. The molecule has 1 N–H and O–H groups in total. The normalized spacial score (nSPS) is 14.6. The van der Waals surface area contributed by atoms with E-state index in [0.29, 0.717) is 31.7 Å². The predicted octanol–water partition coefficient (Wildman–Crippen LogP) is 4.29. The van der Waals surface area contributed by atoms with Gasteiger partial charge in [0.15, 0.2) is 0 Å². The van der Waals surface area contributed by atoms with Gasteiger partial charge in [-0.05, 0) is 82.2 Å². The number of carbonyl (C=O) groups is 1. The van der Waals surface area contributed by atoms with E-state index < -0.39 is 24.7 Å². The first-order valence-electron chi connectivity index (χ1n) is 12.6. The number of ether oxygens (including phenoxy) is 1. The molecule has 0 aromatic carbocycles. The monoisotopic (exact) mass is 508 g/mol. The fourth-order valence-electron chi connectivity index (χ4n) is 4.47. The molecule has 0 saturated heterocycles. The van der Waals surface area contributed by atoms with E-state index in [-0.39, 0.29) is 13.0 Å². The summed E-state index contributed by atoms with van der Waals surface area (Å²) in [5, 5.41) is 9.66. The summed E-state index contributed by atoms with van der Waals surface area (Å²) < 4.78 is 42.1. The molecule has 0 radical (unpaired) electrons. The standard InChI is InChI=1S/C26H35F3N4O3/c27-26(28,29)18-36-16-15-33(14-11-21(25(34)35)17-23-10-12-30-19-31-23)13-4-3-6-22-9-8-20-5-1-2-7-24(20)32-22/h8-10,12,19,21H,1-7,11,13-18H2,(H,34,35)/t21-/m1/s1. The highest BCUT2D eigenvalue weighted by Gasteiger charge is 2.27. The number of alkyl halides is 3. The highest BCUT2D eigenvalue weighted by Crippen LogP contribution is 2.20. The first kappa shape index (κ1) is 28.0. The van der Waals surface area contributed by atoms with Gasteiger partial charge in [-0.3, -0.25) is 9.78 Å². The number of unbranched alkanes of at least 4 members (excludes halogenated alkanes) is 1. The minimum Gasteiger partial charge on any atom is -0.481 e. The summed E-state index contributed by atoms with van der Waals surface area (Å²) >= 11 is 0. The number of halogens is 3. The molecule has 2 aromatic heterocycles. The Morgan fingerprint density at radius 2 is 1.92 bits per heavy atom. The first-order chi connectivity index (χ1) is 17.3. The van der Waals surface area contributed by atoms with Crippen LogP contribution in [0.2, 0.25) is 0 Å². The summed E-state index contributed by atoms with van der Waals surface area (Å²) in [4.78, 5) is 26.6. The van der Waals surface area contributed by atoms with Gasteiger partial charge < -0.3 is 14.7 Å². The number of pyridine rings is 1. The lowest BCUT2D eigenvalue weighted by atomic mass is 9.95. The lowest BCUT2D eigenvalue weighted by Crippen LogP contribution is -2.33. The third-order valence-corrected chi connectivity index (χ3v) is 6.45. The van der Waals surface area contributed by atoms with Crippen LogP contribution in [-0.2, 0) is 35.2 Å². The molecule has 2 aromatic rings. The second-order valence-electron chi connectivity index (χ2n) is 9.31. The molecule has 0 aliphatic heterocycles. The maximum atomic E-state index is 12.4. The largest absolute Gasteiger partial charge is 0.481 e. The number of nitrogens with zero attached hydrogens (tertiary/aromatic N) is 4. The highest BCUT2D eigenvalue weighted by molar-refractivity contribution is 5.70. The quantitative estimate of drug-likeness (QED) is 0.359. The molecule has 198 valence electrons. The smallest absolute Gasteiger partial charge is 0.411 e. The van der Waals surface area contributed by atoms with E-state index in [1.807, 2.05) is 4.90 Å². The number of carboxylic acid groups (broad SMARTS) is 1. The zero-order valence-corrected chi connectivity index (χ0v) is 20.6. The van der Waals surface area contributed by atoms with Gasteiger partial charge in [0, 0.05) is 36.2 Å². The molecule has 0 amide bonds. The SMILES string of the molecule is O=C(O)[C@H](CCN(CCCCc1ccc2c(n1)CCCC2)CCOCC(F)(F)F)Cc1ccncn1. The Kier molecular flexibility index (Phi) is 11.1. The van der Waals surface area contributed by atoms with Crippen molar-refractivity contribution in [1.82, 2.24) is 19.9 Å². The van der Waals surface area contributed by atoms with Gasteiger partial charge in [0.25, 0.3) is 0 Å². The number of aliphatic carboxylic acids is 1. The molecule has 1 aliphatic carbocycles. The van der Waals surface area contributed by atoms with Crippen LogP contribution in [0, 0.1) is 5.92 Å². The molecule has 0 unspecified atom stereocenters. The summed E-state index contributed by atoms with van der Waals surface area (Å²) in [6, 6.07) is 5.97. The first-order valence-corrected chi connectivity index (χ1v) is 12.6. The van der Waals surface area contributed by atoms with E-state index in [4.69, 9.17) is 9.72 Å². The molecule has 36 heavy (non-hydrogen) atoms. The van der Waals surface area contributed by atoms with Crippen molar-refractivity contribution in [2.45, 2.75) is 64.0 Å². The van der Waals surface area contributed by atoms with Gasteiger partial charge >= 0.3 is 12.1 Å². The summed E-state index contributed by atoms with van der Waals surface area (Å²) in [5.41, 5.74) is 4.29. The van der Waals surface area contributed by atoms with Crippen molar-refractivity contribution in [1.29, 1.82) is 0 Å². The van der Waals surface area contributed by atoms with Crippen molar-refractivity contribution in [3.05, 3.63) is 53.4 Å². The fraction of sp³-hybridized carbons (Fsp3) is 0.615. The van der Waals surface area contributed by atoms with Crippen molar-refractivity contribution in [3.63, 3.8) is 0 Å². The molecular formula is C26H35F3N4O3. The Morgan fingerprint density at radius 1 is 1.08 bits per heavy atom. The molecule has 1 atom stereocenters. The van der Waals surface area contributed by atoms with Gasteiger partial charge in [-0.1, -0.05) is 6.07 Å². The Bertz CT molecular complexity index is 944. The number of fused-ring (bicyclic) bond motifs is 1. The Labute approximate surface area is 210 Å². The number of rotatable bonds is 15. The summed E-state index contributed by atoms with van der Waals surface area (Å²) in [6.45, 7) is 0.0769. The zero-order chi connectivity index (χ0) is 25.8. The average molecular weight is 509 g/mol. The van der Waals surface area contributed by atoms with E-state index in [1.165, 1.54) is 30.4 Å². The third-order valence-electron chi connectivity index (χ3n) is 6.45. The van der Waals surface area contributed by atoms with E-state index >= 15 is 0 Å². The topological polar surface area (TPSA) is 88.4 Å². The zero-order valence-electron chi connectivity index (χ0n) is 20.6. The van der Waals surface area contributed by atoms with E-state index in [2.05, 4.69) is 22.1 Å². The third kappa shape index (κ3) is 10.2. The molecule has 0 saturated carbocycles. The molecular weight excluding hydrogens is 473 g/mol. The Balaban J connectivity index is 1.49. The molecule has 0 fully saturated rings. The lowest BCUT2D eigenvalue weighted by molar-refractivity contribution is -0.174. The van der Waals surface area contributed by atoms with Crippen LogP contribution in [0.15, 0.2) is 30.7 Å². The minimum atomic E-state index is -4.36. The van der Waals surface area contributed by atoms with Crippen LogP contribution < -0.4 is 0 Å². The van der Waals surface area contributed by atoms with Crippen LogP contribution in [-0.4, -0.2) is 70.0 Å². The molecule has 1 aliphatic rings.